The van der Waals surface area contributed by atoms with Crippen molar-refractivity contribution in [2.75, 3.05) is 27.2 Å². The van der Waals surface area contributed by atoms with Crippen LogP contribution in [0.2, 0.25) is 0 Å². The van der Waals surface area contributed by atoms with Crippen molar-refractivity contribution in [3.8, 4) is 0 Å². The number of nitrogens with zero attached hydrogens (tertiary/aromatic N) is 1. The van der Waals surface area contributed by atoms with Crippen LogP contribution in [-0.2, 0) is 6.42 Å². The molecule has 96 valence electrons. The van der Waals surface area contributed by atoms with Gasteiger partial charge in [0.2, 0.25) is 0 Å². The second-order valence-electron chi connectivity index (χ2n) is 5.21. The average Bonchev–Trinajstić information content (AvgIpc) is 2.29. The zero-order chi connectivity index (χ0) is 12.7. The van der Waals surface area contributed by atoms with E-state index in [1.807, 2.05) is 0 Å². The van der Waals surface area contributed by atoms with Gasteiger partial charge in [0.25, 0.3) is 0 Å². The van der Waals surface area contributed by atoms with Crippen LogP contribution in [0.4, 0.5) is 0 Å². The Kier molecular flexibility index (Phi) is 6.23. The van der Waals surface area contributed by atoms with Gasteiger partial charge in [0, 0.05) is 12.6 Å². The van der Waals surface area contributed by atoms with Crippen LogP contribution in [0.25, 0.3) is 0 Å². The molecule has 0 aliphatic rings. The summed E-state index contributed by atoms with van der Waals surface area (Å²) in [5, 5.41) is 3.55. The highest BCUT2D eigenvalue weighted by Gasteiger charge is 2.14. The lowest BCUT2D eigenvalue weighted by Gasteiger charge is -2.28. The van der Waals surface area contributed by atoms with E-state index in [9.17, 15) is 0 Å². The maximum absolute atomic E-state index is 3.55. The van der Waals surface area contributed by atoms with Crippen LogP contribution in [0.1, 0.15) is 19.4 Å². The fourth-order valence-corrected chi connectivity index (χ4v) is 2.14. The van der Waals surface area contributed by atoms with Crippen LogP contribution in [0.5, 0.6) is 0 Å². The van der Waals surface area contributed by atoms with Crippen LogP contribution < -0.4 is 5.32 Å². The van der Waals surface area contributed by atoms with Gasteiger partial charge >= 0.3 is 0 Å². The minimum absolute atomic E-state index is 0.616. The zero-order valence-electron chi connectivity index (χ0n) is 11.6. The van der Waals surface area contributed by atoms with Gasteiger partial charge in [-0.3, -0.25) is 0 Å². The van der Waals surface area contributed by atoms with Gasteiger partial charge in [0.1, 0.15) is 0 Å². The quantitative estimate of drug-likeness (QED) is 0.729. The van der Waals surface area contributed by atoms with Crippen molar-refractivity contribution in [3.05, 3.63) is 35.9 Å². The Morgan fingerprint density at radius 1 is 1.12 bits per heavy atom. The molecule has 1 N–H and O–H groups in total. The van der Waals surface area contributed by atoms with Crippen molar-refractivity contribution in [2.45, 2.75) is 26.3 Å². The van der Waals surface area contributed by atoms with Crippen LogP contribution in [-0.4, -0.2) is 38.1 Å². The third-order valence-electron chi connectivity index (χ3n) is 3.22. The molecule has 17 heavy (non-hydrogen) atoms. The van der Waals surface area contributed by atoms with E-state index < -0.39 is 0 Å². The maximum atomic E-state index is 3.55. The number of rotatable bonds is 7. The number of hydrogen-bond acceptors (Lipinski definition) is 2. The number of hydrogen-bond donors (Lipinski definition) is 1. The summed E-state index contributed by atoms with van der Waals surface area (Å²) < 4.78 is 0. The third kappa shape index (κ3) is 5.33. The zero-order valence-corrected chi connectivity index (χ0v) is 11.6. The molecule has 0 amide bonds. The topological polar surface area (TPSA) is 15.3 Å². The Bertz CT molecular complexity index is 285. The molecule has 1 aromatic rings. The lowest BCUT2D eigenvalue weighted by atomic mass is 10.0. The molecule has 1 aromatic carbocycles. The average molecular weight is 234 g/mol. The summed E-state index contributed by atoms with van der Waals surface area (Å²) in [6.07, 6.45) is 1.11. The lowest BCUT2D eigenvalue weighted by molar-refractivity contribution is 0.225. The minimum Gasteiger partial charge on any atom is -0.315 e. The normalized spacial score (nSPS) is 13.3. The van der Waals surface area contributed by atoms with E-state index in [2.05, 4.69) is 68.5 Å². The van der Waals surface area contributed by atoms with Crippen molar-refractivity contribution in [1.82, 2.24) is 10.2 Å². The summed E-state index contributed by atoms with van der Waals surface area (Å²) in [6.45, 7) is 6.69. The van der Waals surface area contributed by atoms with Crippen LogP contribution in [0.3, 0.4) is 0 Å². The molecule has 2 heteroatoms. The SMILES string of the molecule is CC(C)C(CNCCc1ccccc1)N(C)C. The van der Waals surface area contributed by atoms with E-state index in [-0.39, 0.29) is 0 Å². The Labute approximate surface area is 106 Å². The highest BCUT2D eigenvalue weighted by atomic mass is 15.1. The number of nitrogens with one attached hydrogen (secondary N) is 1. The summed E-state index contributed by atoms with van der Waals surface area (Å²) in [5.41, 5.74) is 1.41. The van der Waals surface area contributed by atoms with Gasteiger partial charge in [-0.05, 0) is 38.5 Å². The molecule has 0 aliphatic carbocycles. The van der Waals surface area contributed by atoms with E-state index in [1.165, 1.54) is 5.56 Å². The molecule has 0 fully saturated rings. The standard InChI is InChI=1S/C15H26N2/c1-13(2)15(17(3)4)12-16-11-10-14-8-6-5-7-9-14/h5-9,13,15-16H,10-12H2,1-4H3. The van der Waals surface area contributed by atoms with Gasteiger partial charge < -0.3 is 10.2 Å². The van der Waals surface area contributed by atoms with Gasteiger partial charge in [-0.25, -0.2) is 0 Å². The van der Waals surface area contributed by atoms with Gasteiger partial charge in [-0.1, -0.05) is 44.2 Å². The van der Waals surface area contributed by atoms with E-state index in [0.29, 0.717) is 12.0 Å². The van der Waals surface area contributed by atoms with Crippen molar-refractivity contribution >= 4 is 0 Å². The summed E-state index contributed by atoms with van der Waals surface area (Å²) in [4.78, 5) is 2.31. The molecule has 1 rings (SSSR count). The first kappa shape index (κ1) is 14.2. The van der Waals surface area contributed by atoms with Gasteiger partial charge in [0.05, 0.1) is 0 Å². The molecule has 0 heterocycles. The predicted molar refractivity (Wildman–Crippen MR) is 75.3 cm³/mol. The maximum Gasteiger partial charge on any atom is 0.0237 e. The highest BCUT2D eigenvalue weighted by Crippen LogP contribution is 2.06. The predicted octanol–water partition coefficient (Wildman–Crippen LogP) is 2.40. The Hall–Kier alpha value is -0.860. The molecular formula is C15H26N2. The monoisotopic (exact) mass is 234 g/mol. The molecule has 2 nitrogen and oxygen atoms in total. The van der Waals surface area contributed by atoms with Gasteiger partial charge in [0.15, 0.2) is 0 Å². The Balaban J connectivity index is 2.23. The molecule has 0 aliphatic heterocycles. The molecule has 0 aromatic heterocycles. The smallest absolute Gasteiger partial charge is 0.0237 e. The summed E-state index contributed by atoms with van der Waals surface area (Å²) in [5.74, 6) is 0.689. The minimum atomic E-state index is 0.616. The third-order valence-corrected chi connectivity index (χ3v) is 3.22. The van der Waals surface area contributed by atoms with Crippen molar-refractivity contribution in [2.24, 2.45) is 5.92 Å². The first-order valence-electron chi connectivity index (χ1n) is 6.52. The fraction of sp³-hybridized carbons (Fsp3) is 0.600. The van der Waals surface area contributed by atoms with Crippen LogP contribution in [0, 0.1) is 5.92 Å². The summed E-state index contributed by atoms with van der Waals surface area (Å²) in [7, 11) is 4.31. The van der Waals surface area contributed by atoms with E-state index in [0.717, 1.165) is 19.5 Å². The molecule has 1 unspecified atom stereocenters. The van der Waals surface area contributed by atoms with Crippen molar-refractivity contribution < 1.29 is 0 Å². The van der Waals surface area contributed by atoms with Crippen LogP contribution >= 0.6 is 0 Å². The molecule has 0 saturated carbocycles. The molecular weight excluding hydrogens is 208 g/mol. The van der Waals surface area contributed by atoms with E-state index in [1.54, 1.807) is 0 Å². The molecule has 0 radical (unpaired) electrons. The fourth-order valence-electron chi connectivity index (χ4n) is 2.14. The van der Waals surface area contributed by atoms with E-state index in [4.69, 9.17) is 0 Å². The summed E-state index contributed by atoms with van der Waals surface area (Å²) >= 11 is 0. The Morgan fingerprint density at radius 2 is 1.76 bits per heavy atom. The summed E-state index contributed by atoms with van der Waals surface area (Å²) in [6, 6.07) is 11.3. The second kappa shape index (κ2) is 7.46. The lowest BCUT2D eigenvalue weighted by Crippen LogP contribution is -2.42. The second-order valence-corrected chi connectivity index (χ2v) is 5.21. The molecule has 0 bridgehead atoms. The number of likely N-dealkylation sites (N-methyl/N-ethyl adjacent to an activating group) is 1. The van der Waals surface area contributed by atoms with Crippen LogP contribution in [0.15, 0.2) is 30.3 Å². The highest BCUT2D eigenvalue weighted by molar-refractivity contribution is 5.14. The first-order valence-corrected chi connectivity index (χ1v) is 6.52. The van der Waals surface area contributed by atoms with Crippen molar-refractivity contribution in [3.63, 3.8) is 0 Å². The molecule has 0 spiro atoms. The molecule has 0 saturated heterocycles. The molecule has 1 atom stereocenters. The largest absolute Gasteiger partial charge is 0.315 e. The number of benzene rings is 1. The Morgan fingerprint density at radius 3 is 2.29 bits per heavy atom. The van der Waals surface area contributed by atoms with Gasteiger partial charge in [-0.2, -0.15) is 0 Å². The first-order chi connectivity index (χ1) is 8.11. The van der Waals surface area contributed by atoms with Crippen molar-refractivity contribution in [1.29, 1.82) is 0 Å². The van der Waals surface area contributed by atoms with E-state index >= 15 is 0 Å². The van der Waals surface area contributed by atoms with Gasteiger partial charge in [-0.15, -0.1) is 0 Å².